The number of H-pyrrole nitrogens is 1. The largest absolute Gasteiger partial charge is 0.347 e. The maximum absolute atomic E-state index is 12.5. The highest BCUT2D eigenvalue weighted by atomic mass is 79.9. The molecule has 0 fully saturated rings. The first kappa shape index (κ1) is 14.3. The molecular formula is C15H17BrN4O. The van der Waals surface area contributed by atoms with Crippen LogP contribution in [0.3, 0.4) is 0 Å². The first-order valence-electron chi connectivity index (χ1n) is 6.86. The van der Waals surface area contributed by atoms with Crippen molar-refractivity contribution in [3.05, 3.63) is 45.4 Å². The second-order valence-corrected chi connectivity index (χ2v) is 6.28. The molecule has 5 nitrogen and oxygen atoms in total. The van der Waals surface area contributed by atoms with Crippen LogP contribution in [0.25, 0.3) is 0 Å². The number of aromatic amines is 1. The smallest absolute Gasteiger partial charge is 0.241 e. The van der Waals surface area contributed by atoms with Gasteiger partial charge in [0.15, 0.2) is 0 Å². The van der Waals surface area contributed by atoms with Gasteiger partial charge in [-0.05, 0) is 37.1 Å². The van der Waals surface area contributed by atoms with E-state index in [0.717, 1.165) is 32.7 Å². The van der Waals surface area contributed by atoms with Gasteiger partial charge in [-0.2, -0.15) is 0 Å². The molecule has 0 radical (unpaired) electrons. The summed E-state index contributed by atoms with van der Waals surface area (Å²) in [6, 6.07) is 3.76. The van der Waals surface area contributed by atoms with Crippen LogP contribution in [0.15, 0.2) is 22.9 Å². The van der Waals surface area contributed by atoms with Crippen LogP contribution in [-0.4, -0.2) is 21.9 Å². The van der Waals surface area contributed by atoms with Crippen molar-refractivity contribution in [2.45, 2.75) is 32.9 Å². The van der Waals surface area contributed by atoms with Gasteiger partial charge in [-0.25, -0.2) is 4.98 Å². The van der Waals surface area contributed by atoms with Crippen molar-refractivity contribution in [3.8, 4) is 0 Å². The molecule has 0 saturated carbocycles. The summed E-state index contributed by atoms with van der Waals surface area (Å²) in [6.45, 7) is 4.63. The predicted molar refractivity (Wildman–Crippen MR) is 85.2 cm³/mol. The lowest BCUT2D eigenvalue weighted by Crippen LogP contribution is -2.45. The Labute approximate surface area is 131 Å². The lowest BCUT2D eigenvalue weighted by molar-refractivity contribution is -0.118. The highest BCUT2D eigenvalue weighted by Crippen LogP contribution is 2.25. The number of rotatable bonds is 2. The lowest BCUT2D eigenvalue weighted by atomic mass is 10.0. The molecule has 1 unspecified atom stereocenters. The summed E-state index contributed by atoms with van der Waals surface area (Å²) in [5.74, 6) is -0.0165. The second kappa shape index (κ2) is 5.61. The number of nitrogens with zero attached hydrogens (tertiary/aromatic N) is 1. The van der Waals surface area contributed by atoms with Crippen molar-refractivity contribution >= 4 is 27.5 Å². The van der Waals surface area contributed by atoms with Crippen molar-refractivity contribution in [1.29, 1.82) is 0 Å². The molecule has 110 valence electrons. The van der Waals surface area contributed by atoms with E-state index in [1.807, 2.05) is 26.0 Å². The van der Waals surface area contributed by atoms with Gasteiger partial charge in [-0.1, -0.05) is 15.9 Å². The van der Waals surface area contributed by atoms with Gasteiger partial charge < -0.3 is 10.3 Å². The Morgan fingerprint density at radius 3 is 2.81 bits per heavy atom. The molecular weight excluding hydrogens is 332 g/mol. The fraction of sp³-hybridized carbons (Fsp3) is 0.333. The van der Waals surface area contributed by atoms with Crippen LogP contribution >= 0.6 is 15.9 Å². The van der Waals surface area contributed by atoms with Crippen molar-refractivity contribution in [2.24, 2.45) is 0 Å². The van der Waals surface area contributed by atoms with Gasteiger partial charge in [0.05, 0.1) is 23.8 Å². The van der Waals surface area contributed by atoms with E-state index < -0.39 is 0 Å². The van der Waals surface area contributed by atoms with Crippen LogP contribution in [0.1, 0.15) is 22.5 Å². The number of anilines is 1. The molecule has 2 heterocycles. The van der Waals surface area contributed by atoms with Crippen molar-refractivity contribution in [1.82, 2.24) is 15.3 Å². The number of carbonyl (C=O) groups is 1. The first-order chi connectivity index (χ1) is 10.0. The Morgan fingerprint density at radius 1 is 1.38 bits per heavy atom. The first-order valence-corrected chi connectivity index (χ1v) is 7.66. The predicted octanol–water partition coefficient (Wildman–Crippen LogP) is 2.44. The van der Waals surface area contributed by atoms with Crippen LogP contribution < -0.4 is 10.6 Å². The average molecular weight is 349 g/mol. The fourth-order valence-electron chi connectivity index (χ4n) is 2.67. The summed E-state index contributed by atoms with van der Waals surface area (Å²) < 4.78 is 1.02. The van der Waals surface area contributed by atoms with E-state index in [-0.39, 0.29) is 11.9 Å². The summed E-state index contributed by atoms with van der Waals surface area (Å²) in [5.41, 5.74) is 5.02. The third-order valence-electron chi connectivity index (χ3n) is 3.79. The number of imidazole rings is 1. The zero-order chi connectivity index (χ0) is 15.0. The molecule has 1 aromatic heterocycles. The summed E-state index contributed by atoms with van der Waals surface area (Å²) >= 11 is 3.47. The normalized spacial score (nSPS) is 17.4. The third kappa shape index (κ3) is 2.87. The van der Waals surface area contributed by atoms with E-state index in [1.165, 1.54) is 0 Å². The van der Waals surface area contributed by atoms with Gasteiger partial charge in [-0.3, -0.25) is 10.1 Å². The number of hydrogen-bond acceptors (Lipinski definition) is 3. The molecule has 0 bridgehead atoms. The van der Waals surface area contributed by atoms with Gasteiger partial charge in [0, 0.05) is 23.1 Å². The van der Waals surface area contributed by atoms with Gasteiger partial charge >= 0.3 is 0 Å². The number of hydrogen-bond donors (Lipinski definition) is 3. The Balaban J connectivity index is 1.76. The minimum Gasteiger partial charge on any atom is -0.347 e. The summed E-state index contributed by atoms with van der Waals surface area (Å²) in [6.07, 6.45) is 2.29. The Morgan fingerprint density at radius 2 is 2.10 bits per heavy atom. The molecule has 3 N–H and O–H groups in total. The van der Waals surface area contributed by atoms with Gasteiger partial charge in [0.2, 0.25) is 5.91 Å². The van der Waals surface area contributed by atoms with Crippen LogP contribution in [0.5, 0.6) is 0 Å². The zero-order valence-corrected chi connectivity index (χ0v) is 13.5. The molecule has 3 rings (SSSR count). The van der Waals surface area contributed by atoms with E-state index in [4.69, 9.17) is 0 Å². The molecule has 21 heavy (non-hydrogen) atoms. The van der Waals surface area contributed by atoms with Crippen LogP contribution in [-0.2, 0) is 17.8 Å². The maximum atomic E-state index is 12.5. The number of halogens is 1. The standard InChI is InChI=1S/C15H17BrN4O/c1-8-3-10(16)4-9(2)14(8)20-15(21)12-5-11-13(6-17-12)19-7-18-11/h3-4,7,12,17H,5-6H2,1-2H3,(H,18,19)(H,20,21). The van der Waals surface area contributed by atoms with E-state index >= 15 is 0 Å². The van der Waals surface area contributed by atoms with Gasteiger partial charge in [-0.15, -0.1) is 0 Å². The van der Waals surface area contributed by atoms with Crippen LogP contribution in [0.2, 0.25) is 0 Å². The number of fused-ring (bicyclic) bond motifs is 1. The Bertz CT molecular complexity index is 672. The lowest BCUT2D eigenvalue weighted by Gasteiger charge is -2.23. The molecule has 0 spiro atoms. The number of aryl methyl sites for hydroxylation is 2. The highest BCUT2D eigenvalue weighted by molar-refractivity contribution is 9.10. The number of aromatic nitrogens is 2. The molecule has 6 heteroatoms. The molecule has 1 amide bonds. The van der Waals surface area contributed by atoms with E-state index in [1.54, 1.807) is 6.33 Å². The third-order valence-corrected chi connectivity index (χ3v) is 4.25. The van der Waals surface area contributed by atoms with Gasteiger partial charge in [0.25, 0.3) is 0 Å². The number of benzene rings is 1. The van der Waals surface area contributed by atoms with Gasteiger partial charge in [0.1, 0.15) is 0 Å². The quantitative estimate of drug-likeness (QED) is 0.780. The monoisotopic (exact) mass is 348 g/mol. The molecule has 2 aromatic rings. The molecule has 0 aliphatic carbocycles. The van der Waals surface area contributed by atoms with Crippen LogP contribution in [0, 0.1) is 13.8 Å². The summed E-state index contributed by atoms with van der Waals surface area (Å²) in [4.78, 5) is 19.8. The highest BCUT2D eigenvalue weighted by Gasteiger charge is 2.26. The van der Waals surface area contributed by atoms with E-state index in [2.05, 4.69) is 36.5 Å². The average Bonchev–Trinajstić information content (AvgIpc) is 2.89. The topological polar surface area (TPSA) is 69.8 Å². The van der Waals surface area contributed by atoms with E-state index in [0.29, 0.717) is 13.0 Å². The second-order valence-electron chi connectivity index (χ2n) is 5.37. The Kier molecular flexibility index (Phi) is 3.82. The minimum absolute atomic E-state index is 0.0165. The number of carbonyl (C=O) groups excluding carboxylic acids is 1. The molecule has 1 aliphatic heterocycles. The van der Waals surface area contributed by atoms with Crippen molar-refractivity contribution in [3.63, 3.8) is 0 Å². The fourth-order valence-corrected chi connectivity index (χ4v) is 3.36. The Hall–Kier alpha value is -1.66. The molecule has 1 aliphatic rings. The van der Waals surface area contributed by atoms with E-state index in [9.17, 15) is 4.79 Å². The SMILES string of the molecule is Cc1cc(Br)cc(C)c1NC(=O)C1Cc2nc[nH]c2CN1. The minimum atomic E-state index is -0.247. The van der Waals surface area contributed by atoms with Crippen molar-refractivity contribution < 1.29 is 4.79 Å². The van der Waals surface area contributed by atoms with Crippen LogP contribution in [0.4, 0.5) is 5.69 Å². The maximum Gasteiger partial charge on any atom is 0.241 e. The van der Waals surface area contributed by atoms with Crippen molar-refractivity contribution in [2.75, 3.05) is 5.32 Å². The summed E-state index contributed by atoms with van der Waals surface area (Å²) in [7, 11) is 0. The summed E-state index contributed by atoms with van der Waals surface area (Å²) in [5, 5.41) is 6.28. The zero-order valence-electron chi connectivity index (χ0n) is 12.0. The molecule has 1 atom stereocenters. The molecule has 0 saturated heterocycles. The number of nitrogens with one attached hydrogen (secondary N) is 3. The number of amides is 1. The molecule has 1 aromatic carbocycles.